The summed E-state index contributed by atoms with van der Waals surface area (Å²) >= 11 is 3.56. The topological polar surface area (TPSA) is 32.3 Å². The zero-order chi connectivity index (χ0) is 17.4. The van der Waals surface area contributed by atoms with E-state index >= 15 is 0 Å². The van der Waals surface area contributed by atoms with E-state index in [1.54, 1.807) is 0 Å². The van der Waals surface area contributed by atoms with Gasteiger partial charge in [-0.25, -0.2) is 0 Å². The minimum Gasteiger partial charge on any atom is -0.354 e. The normalized spacial score (nSPS) is 20.2. The second-order valence-electron chi connectivity index (χ2n) is 7.31. The number of likely N-dealkylation sites (N-methyl/N-ethyl adjacent to an activating group) is 1. The summed E-state index contributed by atoms with van der Waals surface area (Å²) in [6.07, 6.45) is 2.73. The van der Waals surface area contributed by atoms with Gasteiger partial charge in [0, 0.05) is 29.5 Å². The van der Waals surface area contributed by atoms with Gasteiger partial charge in [-0.1, -0.05) is 46.3 Å². The average Bonchev–Trinajstić information content (AvgIpc) is 3.04. The summed E-state index contributed by atoms with van der Waals surface area (Å²) in [7, 11) is 2.15. The highest BCUT2D eigenvalue weighted by molar-refractivity contribution is 9.10. The largest absolute Gasteiger partial charge is 0.354 e. The number of carbonyl (C=O) groups excluding carboxylic acids is 1. The summed E-state index contributed by atoms with van der Waals surface area (Å²) in [5.41, 5.74) is 5.44. The molecular weight excluding hydrogens is 376 g/mol. The molecule has 0 spiro atoms. The van der Waals surface area contributed by atoms with E-state index in [1.165, 1.54) is 22.3 Å². The molecular formula is C21H23BrN2O. The summed E-state index contributed by atoms with van der Waals surface area (Å²) in [4.78, 5) is 15.0. The van der Waals surface area contributed by atoms with E-state index in [9.17, 15) is 4.79 Å². The third-order valence-corrected chi connectivity index (χ3v) is 6.09. The Balaban J connectivity index is 1.36. The van der Waals surface area contributed by atoms with Gasteiger partial charge in [0.2, 0.25) is 5.91 Å². The molecule has 0 saturated carbocycles. The molecule has 130 valence electrons. The molecule has 1 atom stereocenters. The lowest BCUT2D eigenvalue weighted by molar-refractivity contribution is -0.125. The van der Waals surface area contributed by atoms with Crippen LogP contribution >= 0.6 is 15.9 Å². The second kappa shape index (κ2) is 6.93. The lowest BCUT2D eigenvalue weighted by atomic mass is 9.94. The minimum atomic E-state index is 0.0905. The van der Waals surface area contributed by atoms with Crippen LogP contribution in [0.25, 0.3) is 0 Å². The maximum atomic E-state index is 12.6. The fourth-order valence-electron chi connectivity index (χ4n) is 4.08. The predicted molar refractivity (Wildman–Crippen MR) is 103 cm³/mol. The highest BCUT2D eigenvalue weighted by Crippen LogP contribution is 2.27. The van der Waals surface area contributed by atoms with E-state index in [-0.39, 0.29) is 11.8 Å². The predicted octanol–water partition coefficient (Wildman–Crippen LogP) is 3.34. The van der Waals surface area contributed by atoms with Gasteiger partial charge in [0.1, 0.15) is 0 Å². The number of benzene rings is 2. The molecule has 25 heavy (non-hydrogen) atoms. The first-order valence-electron chi connectivity index (χ1n) is 8.92. The number of rotatable bonds is 3. The molecule has 2 aliphatic rings. The SMILES string of the molecule is CN1Cc2ccc(Br)cc2C[C@@H]1CNC(=O)C1Cc2ccccc2C1. The van der Waals surface area contributed by atoms with E-state index in [2.05, 4.69) is 75.7 Å². The smallest absolute Gasteiger partial charge is 0.223 e. The van der Waals surface area contributed by atoms with Gasteiger partial charge in [-0.15, -0.1) is 0 Å². The molecule has 1 N–H and O–H groups in total. The van der Waals surface area contributed by atoms with Crippen molar-refractivity contribution in [3.05, 3.63) is 69.2 Å². The van der Waals surface area contributed by atoms with Crippen molar-refractivity contribution < 1.29 is 4.79 Å². The van der Waals surface area contributed by atoms with Gasteiger partial charge in [0.25, 0.3) is 0 Å². The first kappa shape index (κ1) is 16.8. The van der Waals surface area contributed by atoms with Crippen molar-refractivity contribution in [2.45, 2.75) is 31.8 Å². The number of hydrogen-bond acceptors (Lipinski definition) is 2. The van der Waals surface area contributed by atoms with Crippen LogP contribution in [0.3, 0.4) is 0 Å². The lowest BCUT2D eigenvalue weighted by Gasteiger charge is -2.34. The second-order valence-corrected chi connectivity index (χ2v) is 8.22. The van der Waals surface area contributed by atoms with Crippen LogP contribution in [0.1, 0.15) is 22.3 Å². The van der Waals surface area contributed by atoms with Gasteiger partial charge >= 0.3 is 0 Å². The van der Waals surface area contributed by atoms with Gasteiger partial charge in [-0.2, -0.15) is 0 Å². The Hall–Kier alpha value is -1.65. The van der Waals surface area contributed by atoms with E-state index in [4.69, 9.17) is 0 Å². The number of amides is 1. The fourth-order valence-corrected chi connectivity index (χ4v) is 4.49. The van der Waals surface area contributed by atoms with Crippen LogP contribution in [0.2, 0.25) is 0 Å². The molecule has 0 radical (unpaired) electrons. The Morgan fingerprint density at radius 1 is 1.08 bits per heavy atom. The summed E-state index contributed by atoms with van der Waals surface area (Å²) in [6.45, 7) is 1.66. The third-order valence-electron chi connectivity index (χ3n) is 5.60. The Bertz CT molecular complexity index is 779. The monoisotopic (exact) mass is 398 g/mol. The van der Waals surface area contributed by atoms with Crippen molar-refractivity contribution in [1.82, 2.24) is 10.2 Å². The highest BCUT2D eigenvalue weighted by Gasteiger charge is 2.29. The Morgan fingerprint density at radius 2 is 1.80 bits per heavy atom. The molecule has 1 heterocycles. The summed E-state index contributed by atoms with van der Waals surface area (Å²) in [6, 6.07) is 15.3. The molecule has 4 heteroatoms. The molecule has 3 nitrogen and oxygen atoms in total. The van der Waals surface area contributed by atoms with E-state index < -0.39 is 0 Å². The first-order valence-corrected chi connectivity index (χ1v) is 9.71. The highest BCUT2D eigenvalue weighted by atomic mass is 79.9. The van der Waals surface area contributed by atoms with Crippen molar-refractivity contribution in [3.63, 3.8) is 0 Å². The van der Waals surface area contributed by atoms with Gasteiger partial charge < -0.3 is 5.32 Å². The maximum absolute atomic E-state index is 12.6. The van der Waals surface area contributed by atoms with Crippen LogP contribution in [-0.4, -0.2) is 30.4 Å². The molecule has 0 aromatic heterocycles. The number of hydrogen-bond donors (Lipinski definition) is 1. The zero-order valence-corrected chi connectivity index (χ0v) is 16.1. The van der Waals surface area contributed by atoms with Gasteiger partial charge in [-0.05, 0) is 60.7 Å². The molecule has 0 unspecified atom stereocenters. The quantitative estimate of drug-likeness (QED) is 0.859. The Morgan fingerprint density at radius 3 is 2.52 bits per heavy atom. The molecule has 0 saturated heterocycles. The fraction of sp³-hybridized carbons (Fsp3) is 0.381. The van der Waals surface area contributed by atoms with Crippen molar-refractivity contribution in [3.8, 4) is 0 Å². The molecule has 1 aliphatic heterocycles. The van der Waals surface area contributed by atoms with Crippen LogP contribution in [0.5, 0.6) is 0 Å². The van der Waals surface area contributed by atoms with Crippen LogP contribution in [0.15, 0.2) is 46.9 Å². The van der Waals surface area contributed by atoms with Crippen LogP contribution in [0, 0.1) is 5.92 Å². The number of fused-ring (bicyclic) bond motifs is 2. The van der Waals surface area contributed by atoms with Crippen molar-refractivity contribution in [2.75, 3.05) is 13.6 Å². The Labute approximate surface area is 157 Å². The number of nitrogens with zero attached hydrogens (tertiary/aromatic N) is 1. The van der Waals surface area contributed by atoms with Crippen molar-refractivity contribution in [2.24, 2.45) is 5.92 Å². The summed E-state index contributed by atoms with van der Waals surface area (Å²) in [5, 5.41) is 3.21. The van der Waals surface area contributed by atoms with E-state index in [0.717, 1.165) is 30.3 Å². The molecule has 0 bridgehead atoms. The van der Waals surface area contributed by atoms with Gasteiger partial charge in [0.05, 0.1) is 0 Å². The molecule has 1 amide bonds. The number of nitrogens with one attached hydrogen (secondary N) is 1. The van der Waals surface area contributed by atoms with Crippen LogP contribution in [0.4, 0.5) is 0 Å². The van der Waals surface area contributed by atoms with Crippen molar-refractivity contribution in [1.29, 1.82) is 0 Å². The number of halogens is 1. The molecule has 2 aromatic rings. The van der Waals surface area contributed by atoms with E-state index in [0.29, 0.717) is 12.6 Å². The minimum absolute atomic E-state index is 0.0905. The standard InChI is InChI=1S/C21H23BrN2O/c1-24-13-16-6-7-19(22)10-17(16)11-20(24)12-23-21(25)18-8-14-4-2-3-5-15(14)9-18/h2-7,10,18,20H,8-9,11-13H2,1H3,(H,23,25)/t20-/m1/s1. The maximum Gasteiger partial charge on any atom is 0.223 e. The van der Waals surface area contributed by atoms with Crippen LogP contribution in [-0.2, 0) is 30.6 Å². The summed E-state index contributed by atoms with van der Waals surface area (Å²) in [5.74, 6) is 0.289. The first-order chi connectivity index (χ1) is 12.1. The third kappa shape index (κ3) is 3.51. The molecule has 1 aliphatic carbocycles. The van der Waals surface area contributed by atoms with E-state index in [1.807, 2.05) is 0 Å². The molecule has 0 fully saturated rings. The van der Waals surface area contributed by atoms with Crippen molar-refractivity contribution >= 4 is 21.8 Å². The average molecular weight is 399 g/mol. The Kier molecular flexibility index (Phi) is 4.65. The number of carbonyl (C=O) groups is 1. The molecule has 2 aromatic carbocycles. The zero-order valence-electron chi connectivity index (χ0n) is 14.5. The summed E-state index contributed by atoms with van der Waals surface area (Å²) < 4.78 is 1.13. The van der Waals surface area contributed by atoms with Gasteiger partial charge in [-0.3, -0.25) is 9.69 Å². The van der Waals surface area contributed by atoms with Crippen LogP contribution < -0.4 is 5.32 Å². The lowest BCUT2D eigenvalue weighted by Crippen LogP contribution is -2.46. The molecule has 4 rings (SSSR count). The van der Waals surface area contributed by atoms with Gasteiger partial charge in [0.15, 0.2) is 0 Å².